The molecule has 1 saturated carbocycles. The number of alkyl halides is 3. The molecule has 27 heavy (non-hydrogen) atoms. The number of pyridine rings is 1. The molecule has 1 aliphatic heterocycles. The molecule has 9 heteroatoms. The molecule has 0 amide bonds. The lowest BCUT2D eigenvalue weighted by molar-refractivity contribution is -0.154. The van der Waals surface area contributed by atoms with Crippen molar-refractivity contribution in [3.05, 3.63) is 23.9 Å². The van der Waals surface area contributed by atoms with Crippen molar-refractivity contribution in [2.75, 3.05) is 26.2 Å². The number of nitrogens with one attached hydrogen (secondary N) is 1. The van der Waals surface area contributed by atoms with Crippen LogP contribution in [-0.4, -0.2) is 48.3 Å². The lowest BCUT2D eigenvalue weighted by Crippen LogP contribution is -2.42. The molecule has 1 saturated heterocycles. The van der Waals surface area contributed by atoms with E-state index in [-0.39, 0.29) is 29.9 Å². The second-order valence-electron chi connectivity index (χ2n) is 7.10. The van der Waals surface area contributed by atoms with Crippen LogP contribution in [0.1, 0.15) is 38.2 Å². The molecule has 3 rings (SSSR count). The Morgan fingerprint density at radius 3 is 2.74 bits per heavy atom. The van der Waals surface area contributed by atoms with Crippen LogP contribution in [0.5, 0.6) is 5.88 Å². The average Bonchev–Trinajstić information content (AvgIpc) is 3.02. The second kappa shape index (κ2) is 9.29. The monoisotopic (exact) mass is 498 g/mol. The van der Waals surface area contributed by atoms with Gasteiger partial charge in [-0.2, -0.15) is 13.2 Å². The number of aromatic nitrogens is 1. The van der Waals surface area contributed by atoms with E-state index in [1.54, 1.807) is 6.07 Å². The standard InChI is InChI=1S/C18H25F3N4O.HI/c1-2-22-16(25-9-7-17(12-25)5-3-6-17)24-11-14-4-8-23-15(10-14)26-13-18(19,20)21;/h4,8,10H,2-3,5-7,9,11-13H2,1H3,(H,22,24);1H. The predicted molar refractivity (Wildman–Crippen MR) is 108 cm³/mol. The molecule has 1 aromatic heterocycles. The molecule has 1 N–H and O–H groups in total. The van der Waals surface area contributed by atoms with E-state index >= 15 is 0 Å². The van der Waals surface area contributed by atoms with Crippen LogP contribution in [0.25, 0.3) is 0 Å². The van der Waals surface area contributed by atoms with Crippen molar-refractivity contribution in [3.63, 3.8) is 0 Å². The molecular weight excluding hydrogens is 472 g/mol. The highest BCUT2D eigenvalue weighted by Crippen LogP contribution is 2.47. The van der Waals surface area contributed by atoms with Crippen molar-refractivity contribution in [1.82, 2.24) is 15.2 Å². The van der Waals surface area contributed by atoms with Gasteiger partial charge in [-0.3, -0.25) is 0 Å². The minimum atomic E-state index is -4.37. The van der Waals surface area contributed by atoms with E-state index in [9.17, 15) is 13.2 Å². The van der Waals surface area contributed by atoms with Crippen LogP contribution < -0.4 is 10.1 Å². The van der Waals surface area contributed by atoms with Crippen molar-refractivity contribution in [3.8, 4) is 5.88 Å². The summed E-state index contributed by atoms with van der Waals surface area (Å²) >= 11 is 0. The van der Waals surface area contributed by atoms with E-state index in [1.807, 2.05) is 6.92 Å². The fourth-order valence-corrected chi connectivity index (χ4v) is 3.58. The number of hydrogen-bond acceptors (Lipinski definition) is 3. The molecule has 1 aliphatic carbocycles. The smallest absolute Gasteiger partial charge is 0.422 e. The fraction of sp³-hybridized carbons (Fsp3) is 0.667. The Bertz CT molecular complexity index is 650. The summed E-state index contributed by atoms with van der Waals surface area (Å²) in [5.41, 5.74) is 1.25. The first kappa shape index (κ1) is 22.0. The largest absolute Gasteiger partial charge is 0.468 e. The Balaban J connectivity index is 0.00000261. The van der Waals surface area contributed by atoms with Crippen LogP contribution in [0.2, 0.25) is 0 Å². The number of ether oxygens (including phenoxy) is 1. The van der Waals surface area contributed by atoms with Gasteiger partial charge in [-0.1, -0.05) is 6.42 Å². The quantitative estimate of drug-likeness (QED) is 0.379. The molecule has 2 aliphatic rings. The fourth-order valence-electron chi connectivity index (χ4n) is 3.58. The number of aliphatic imine (C=N–C) groups is 1. The summed E-state index contributed by atoms with van der Waals surface area (Å²) in [6.07, 6.45) is 2.20. The van der Waals surface area contributed by atoms with Crippen molar-refractivity contribution in [2.24, 2.45) is 10.4 Å². The summed E-state index contributed by atoms with van der Waals surface area (Å²) in [5.74, 6) is 0.834. The van der Waals surface area contributed by atoms with E-state index in [2.05, 4.69) is 20.2 Å². The Morgan fingerprint density at radius 2 is 2.15 bits per heavy atom. The SMILES string of the molecule is CCNC(=NCc1ccnc(OCC(F)(F)F)c1)N1CCC2(CCC2)C1.I. The van der Waals surface area contributed by atoms with E-state index in [1.165, 1.54) is 37.9 Å². The molecule has 1 spiro atoms. The maximum atomic E-state index is 12.3. The lowest BCUT2D eigenvalue weighted by atomic mass is 9.68. The summed E-state index contributed by atoms with van der Waals surface area (Å²) in [5, 5.41) is 3.32. The van der Waals surface area contributed by atoms with E-state index in [0.717, 1.165) is 31.2 Å². The van der Waals surface area contributed by atoms with E-state index < -0.39 is 12.8 Å². The number of guanidine groups is 1. The van der Waals surface area contributed by atoms with Gasteiger partial charge in [-0.05, 0) is 43.2 Å². The third kappa shape index (κ3) is 6.11. The molecule has 0 radical (unpaired) electrons. The van der Waals surface area contributed by atoms with Crippen molar-refractivity contribution >= 4 is 29.9 Å². The first-order chi connectivity index (χ1) is 12.4. The van der Waals surface area contributed by atoms with Gasteiger partial charge in [0.1, 0.15) is 0 Å². The molecule has 0 bridgehead atoms. The van der Waals surface area contributed by atoms with Crippen LogP contribution in [0.15, 0.2) is 23.3 Å². The van der Waals surface area contributed by atoms with Crippen LogP contribution in [0.3, 0.4) is 0 Å². The van der Waals surface area contributed by atoms with Gasteiger partial charge < -0.3 is 15.0 Å². The van der Waals surface area contributed by atoms with Crippen LogP contribution in [-0.2, 0) is 6.54 Å². The third-order valence-corrected chi connectivity index (χ3v) is 5.08. The molecule has 0 atom stereocenters. The average molecular weight is 498 g/mol. The van der Waals surface area contributed by atoms with Crippen molar-refractivity contribution in [1.29, 1.82) is 0 Å². The maximum Gasteiger partial charge on any atom is 0.422 e. The van der Waals surface area contributed by atoms with E-state index in [4.69, 9.17) is 4.74 Å². The summed E-state index contributed by atoms with van der Waals surface area (Å²) in [7, 11) is 0. The first-order valence-corrected chi connectivity index (χ1v) is 9.07. The summed E-state index contributed by atoms with van der Waals surface area (Å²) in [4.78, 5) is 10.8. The highest BCUT2D eigenvalue weighted by atomic mass is 127. The molecular formula is C18H26F3IN4O. The highest BCUT2D eigenvalue weighted by Gasteiger charge is 2.43. The Kier molecular flexibility index (Phi) is 7.58. The number of halogens is 4. The van der Waals surface area contributed by atoms with Crippen LogP contribution in [0.4, 0.5) is 13.2 Å². The molecule has 1 aromatic rings. The van der Waals surface area contributed by atoms with Gasteiger partial charge in [0, 0.05) is 31.9 Å². The molecule has 0 aromatic carbocycles. The molecule has 0 unspecified atom stereocenters. The topological polar surface area (TPSA) is 49.8 Å². The molecule has 152 valence electrons. The highest BCUT2D eigenvalue weighted by molar-refractivity contribution is 14.0. The van der Waals surface area contributed by atoms with Crippen molar-refractivity contribution < 1.29 is 17.9 Å². The minimum Gasteiger partial charge on any atom is -0.468 e. The van der Waals surface area contributed by atoms with E-state index in [0.29, 0.717) is 12.0 Å². The summed E-state index contributed by atoms with van der Waals surface area (Å²) < 4.78 is 41.5. The van der Waals surface area contributed by atoms with Gasteiger partial charge in [-0.15, -0.1) is 24.0 Å². The van der Waals surface area contributed by atoms with Gasteiger partial charge in [0.25, 0.3) is 0 Å². The third-order valence-electron chi connectivity index (χ3n) is 5.08. The first-order valence-electron chi connectivity index (χ1n) is 9.07. The molecule has 5 nitrogen and oxygen atoms in total. The Labute approximate surface area is 174 Å². The van der Waals surface area contributed by atoms with Crippen LogP contribution >= 0.6 is 24.0 Å². The normalized spacial score (nSPS) is 18.8. The predicted octanol–water partition coefficient (Wildman–Crippen LogP) is 3.98. The molecule has 2 heterocycles. The summed E-state index contributed by atoms with van der Waals surface area (Å²) in [6.45, 7) is 3.87. The van der Waals surface area contributed by atoms with Gasteiger partial charge in [-0.25, -0.2) is 9.98 Å². The zero-order chi connectivity index (χ0) is 18.6. The number of rotatable bonds is 5. The van der Waals surface area contributed by atoms with Crippen LogP contribution in [0, 0.1) is 5.41 Å². The lowest BCUT2D eigenvalue weighted by Gasteiger charge is -2.38. The Hall–Kier alpha value is -1.26. The van der Waals surface area contributed by atoms with Gasteiger partial charge in [0.15, 0.2) is 12.6 Å². The zero-order valence-electron chi connectivity index (χ0n) is 15.4. The number of likely N-dealkylation sites (tertiary alicyclic amines) is 1. The molecule has 2 fully saturated rings. The minimum absolute atomic E-state index is 0. The van der Waals surface area contributed by atoms with Gasteiger partial charge in [0.05, 0.1) is 6.54 Å². The van der Waals surface area contributed by atoms with Crippen molar-refractivity contribution in [2.45, 2.75) is 45.3 Å². The zero-order valence-corrected chi connectivity index (χ0v) is 17.7. The van der Waals surface area contributed by atoms with Gasteiger partial charge >= 0.3 is 6.18 Å². The Morgan fingerprint density at radius 1 is 1.37 bits per heavy atom. The summed E-state index contributed by atoms with van der Waals surface area (Å²) in [6, 6.07) is 3.25. The number of hydrogen-bond donors (Lipinski definition) is 1. The van der Waals surface area contributed by atoms with Gasteiger partial charge in [0.2, 0.25) is 5.88 Å². The number of nitrogens with zero attached hydrogens (tertiary/aromatic N) is 3. The second-order valence-corrected chi connectivity index (χ2v) is 7.10. The maximum absolute atomic E-state index is 12.3.